The third-order valence-electron chi connectivity index (χ3n) is 3.97. The lowest BCUT2D eigenvalue weighted by molar-refractivity contribution is -0.118. The van der Waals surface area contributed by atoms with Gasteiger partial charge in [-0.25, -0.2) is 5.10 Å². The highest BCUT2D eigenvalue weighted by Gasteiger charge is 2.32. The Kier molecular flexibility index (Phi) is 3.76. The number of carbonyl (C=O) groups is 1. The lowest BCUT2D eigenvalue weighted by Gasteiger charge is -2.22. The van der Waals surface area contributed by atoms with Gasteiger partial charge in [0.1, 0.15) is 6.33 Å². The van der Waals surface area contributed by atoms with Gasteiger partial charge >= 0.3 is 0 Å². The molecule has 1 aliphatic rings. The maximum atomic E-state index is 12.6. The van der Waals surface area contributed by atoms with E-state index in [2.05, 4.69) is 20.5 Å². The molecule has 0 bridgehead atoms. The molecule has 0 unspecified atom stereocenters. The number of hydrogen-bond acceptors (Lipinski definition) is 3. The van der Waals surface area contributed by atoms with Crippen molar-refractivity contribution in [3.63, 3.8) is 0 Å². The quantitative estimate of drug-likeness (QED) is 0.897. The number of carbonyl (C=O) groups excluding carboxylic acids is 1. The molecular formula is C15H18N4O. The second-order valence-electron chi connectivity index (χ2n) is 5.26. The van der Waals surface area contributed by atoms with Crippen LogP contribution in [0, 0.1) is 5.92 Å². The highest BCUT2D eigenvalue weighted by molar-refractivity contribution is 5.94. The molecule has 1 atom stereocenters. The van der Waals surface area contributed by atoms with Gasteiger partial charge in [0, 0.05) is 0 Å². The predicted octanol–water partition coefficient (Wildman–Crippen LogP) is 2.72. The first-order chi connectivity index (χ1) is 9.84. The monoisotopic (exact) mass is 270 g/mol. The minimum absolute atomic E-state index is 0.000139. The van der Waals surface area contributed by atoms with Crippen molar-refractivity contribution in [1.29, 1.82) is 0 Å². The molecule has 1 saturated carbocycles. The van der Waals surface area contributed by atoms with Crippen LogP contribution < -0.4 is 5.32 Å². The summed E-state index contributed by atoms with van der Waals surface area (Å²) in [7, 11) is 0. The number of amides is 1. The number of nitrogens with zero attached hydrogens (tertiary/aromatic N) is 2. The number of H-pyrrole nitrogens is 1. The third kappa shape index (κ3) is 2.71. The largest absolute Gasteiger partial charge is 0.294 e. The highest BCUT2D eigenvalue weighted by Crippen LogP contribution is 2.37. The average Bonchev–Trinajstić information content (AvgIpc) is 3.14. The van der Waals surface area contributed by atoms with Crippen molar-refractivity contribution in [3.8, 4) is 0 Å². The molecule has 1 aromatic heterocycles. The van der Waals surface area contributed by atoms with Gasteiger partial charge in [-0.05, 0) is 24.3 Å². The minimum atomic E-state index is -0.108. The molecule has 1 heterocycles. The van der Waals surface area contributed by atoms with Crippen molar-refractivity contribution < 1.29 is 4.79 Å². The summed E-state index contributed by atoms with van der Waals surface area (Å²) in [6, 6.07) is 10.0. The number of hydrogen-bond donors (Lipinski definition) is 2. The van der Waals surface area contributed by atoms with Gasteiger partial charge in [-0.3, -0.25) is 10.1 Å². The van der Waals surface area contributed by atoms with E-state index in [0.29, 0.717) is 11.9 Å². The Hall–Kier alpha value is -2.17. The minimum Gasteiger partial charge on any atom is -0.294 e. The van der Waals surface area contributed by atoms with Gasteiger partial charge in [0.05, 0.1) is 5.92 Å². The summed E-state index contributed by atoms with van der Waals surface area (Å²) in [5.74, 6) is 0.720. The molecule has 1 fully saturated rings. The highest BCUT2D eigenvalue weighted by atomic mass is 16.2. The van der Waals surface area contributed by atoms with Crippen LogP contribution >= 0.6 is 0 Å². The molecule has 0 aliphatic heterocycles. The van der Waals surface area contributed by atoms with Crippen molar-refractivity contribution in [2.75, 3.05) is 5.32 Å². The molecule has 20 heavy (non-hydrogen) atoms. The van der Waals surface area contributed by atoms with Crippen LogP contribution in [-0.4, -0.2) is 21.1 Å². The van der Waals surface area contributed by atoms with E-state index in [1.807, 2.05) is 30.3 Å². The summed E-state index contributed by atoms with van der Waals surface area (Å²) in [5.41, 5.74) is 1.08. The molecule has 5 heteroatoms. The molecule has 2 aromatic rings. The van der Waals surface area contributed by atoms with Gasteiger partial charge in [-0.2, -0.15) is 10.1 Å². The zero-order chi connectivity index (χ0) is 13.8. The van der Waals surface area contributed by atoms with E-state index in [9.17, 15) is 4.79 Å². The fraction of sp³-hybridized carbons (Fsp3) is 0.400. The molecule has 1 aromatic carbocycles. The van der Waals surface area contributed by atoms with Crippen LogP contribution in [-0.2, 0) is 4.79 Å². The van der Waals surface area contributed by atoms with Crippen LogP contribution in [0.4, 0.5) is 5.95 Å². The first kappa shape index (κ1) is 12.8. The zero-order valence-electron chi connectivity index (χ0n) is 11.2. The molecule has 0 saturated heterocycles. The number of aromatic amines is 1. The Morgan fingerprint density at radius 2 is 2.00 bits per heavy atom. The first-order valence-corrected chi connectivity index (χ1v) is 7.06. The van der Waals surface area contributed by atoms with E-state index >= 15 is 0 Å². The Morgan fingerprint density at radius 3 is 2.65 bits per heavy atom. The smallest absolute Gasteiger partial charge is 0.234 e. The van der Waals surface area contributed by atoms with Crippen molar-refractivity contribution in [2.45, 2.75) is 31.6 Å². The molecule has 5 nitrogen and oxygen atoms in total. The van der Waals surface area contributed by atoms with Crippen LogP contribution in [0.15, 0.2) is 36.7 Å². The van der Waals surface area contributed by atoms with Gasteiger partial charge in [0.25, 0.3) is 0 Å². The van der Waals surface area contributed by atoms with Gasteiger partial charge in [0.15, 0.2) is 0 Å². The molecule has 2 N–H and O–H groups in total. The number of benzene rings is 1. The Labute approximate surface area is 117 Å². The normalized spacial score (nSPS) is 17.0. The Morgan fingerprint density at radius 1 is 1.25 bits per heavy atom. The fourth-order valence-electron chi connectivity index (χ4n) is 3.05. The molecule has 3 rings (SSSR count). The lowest BCUT2D eigenvalue weighted by atomic mass is 9.84. The van der Waals surface area contributed by atoms with Gasteiger partial charge in [-0.15, -0.1) is 0 Å². The fourth-order valence-corrected chi connectivity index (χ4v) is 3.05. The third-order valence-corrected chi connectivity index (χ3v) is 3.97. The number of anilines is 1. The van der Waals surface area contributed by atoms with Crippen LogP contribution in [0.25, 0.3) is 0 Å². The maximum absolute atomic E-state index is 12.6. The van der Waals surface area contributed by atoms with Crippen LogP contribution in [0.3, 0.4) is 0 Å². The van der Waals surface area contributed by atoms with Crippen LogP contribution in [0.5, 0.6) is 0 Å². The van der Waals surface area contributed by atoms with E-state index in [-0.39, 0.29) is 11.8 Å². The second-order valence-corrected chi connectivity index (χ2v) is 5.26. The summed E-state index contributed by atoms with van der Waals surface area (Å²) in [4.78, 5) is 16.6. The lowest BCUT2D eigenvalue weighted by Crippen LogP contribution is -2.27. The summed E-state index contributed by atoms with van der Waals surface area (Å²) in [5, 5.41) is 9.26. The van der Waals surface area contributed by atoms with Crippen LogP contribution in [0.2, 0.25) is 0 Å². The number of nitrogens with one attached hydrogen (secondary N) is 2. The predicted molar refractivity (Wildman–Crippen MR) is 76.2 cm³/mol. The molecule has 0 spiro atoms. The number of rotatable bonds is 4. The SMILES string of the molecule is O=C(Nc1ncn[nH]1)[C@H](c1ccccc1)C1CCCC1. The van der Waals surface area contributed by atoms with E-state index in [1.54, 1.807) is 0 Å². The summed E-state index contributed by atoms with van der Waals surface area (Å²) in [6.07, 6.45) is 6.04. The van der Waals surface area contributed by atoms with Crippen molar-refractivity contribution in [2.24, 2.45) is 5.92 Å². The molecule has 0 radical (unpaired) electrons. The van der Waals surface area contributed by atoms with Crippen molar-refractivity contribution >= 4 is 11.9 Å². The molecule has 1 aliphatic carbocycles. The van der Waals surface area contributed by atoms with Gasteiger partial charge < -0.3 is 0 Å². The van der Waals surface area contributed by atoms with E-state index in [1.165, 1.54) is 19.2 Å². The van der Waals surface area contributed by atoms with Crippen LogP contribution in [0.1, 0.15) is 37.2 Å². The van der Waals surface area contributed by atoms with E-state index < -0.39 is 0 Å². The zero-order valence-corrected chi connectivity index (χ0v) is 11.2. The Bertz CT molecular complexity index is 547. The van der Waals surface area contributed by atoms with Crippen molar-refractivity contribution in [1.82, 2.24) is 15.2 Å². The van der Waals surface area contributed by atoms with Gasteiger partial charge in [0.2, 0.25) is 11.9 Å². The molecule has 1 amide bonds. The topological polar surface area (TPSA) is 70.7 Å². The van der Waals surface area contributed by atoms with Gasteiger partial charge in [-0.1, -0.05) is 43.2 Å². The first-order valence-electron chi connectivity index (χ1n) is 7.06. The average molecular weight is 270 g/mol. The Balaban J connectivity index is 1.83. The number of aromatic nitrogens is 3. The van der Waals surface area contributed by atoms with E-state index in [0.717, 1.165) is 18.4 Å². The summed E-state index contributed by atoms with van der Waals surface area (Å²) < 4.78 is 0. The maximum Gasteiger partial charge on any atom is 0.234 e. The second kappa shape index (κ2) is 5.86. The summed E-state index contributed by atoms with van der Waals surface area (Å²) >= 11 is 0. The summed E-state index contributed by atoms with van der Waals surface area (Å²) in [6.45, 7) is 0. The standard InChI is InChI=1S/C15H18N4O/c20-14(18-15-16-10-17-19-15)13(12-8-4-5-9-12)11-6-2-1-3-7-11/h1-3,6-7,10,12-13H,4-5,8-9H2,(H2,16,17,18,19,20)/t13-/m1/s1. The molecule has 104 valence electrons. The van der Waals surface area contributed by atoms with Crippen molar-refractivity contribution in [3.05, 3.63) is 42.2 Å². The molecular weight excluding hydrogens is 252 g/mol. The van der Waals surface area contributed by atoms with E-state index in [4.69, 9.17) is 0 Å².